The number of carbonyl (C=O) groups excluding carboxylic acids is 1. The van der Waals surface area contributed by atoms with Gasteiger partial charge in [-0.3, -0.25) is 4.79 Å². The van der Waals surface area contributed by atoms with E-state index < -0.39 is 5.82 Å². The monoisotopic (exact) mass is 307 g/mol. The number of aryl methyl sites for hydroxylation is 1. The van der Waals surface area contributed by atoms with Crippen molar-refractivity contribution in [3.63, 3.8) is 0 Å². The van der Waals surface area contributed by atoms with Crippen LogP contribution in [0.3, 0.4) is 0 Å². The zero-order valence-electron chi connectivity index (χ0n) is 12.1. The van der Waals surface area contributed by atoms with Gasteiger partial charge < -0.3 is 10.6 Å². The summed E-state index contributed by atoms with van der Waals surface area (Å²) in [4.78, 5) is 17.3. The van der Waals surface area contributed by atoms with E-state index in [0.717, 1.165) is 16.3 Å². The highest BCUT2D eigenvalue weighted by atomic mass is 32.1. The summed E-state index contributed by atoms with van der Waals surface area (Å²) < 4.78 is 13.8. The number of amides is 1. The molecule has 2 N–H and O–H groups in total. The number of para-hydroxylation sites is 1. The van der Waals surface area contributed by atoms with E-state index in [0.29, 0.717) is 18.7 Å². The number of halogens is 1. The molecule has 2 aromatic rings. The highest BCUT2D eigenvalue weighted by Gasteiger charge is 2.14. The summed E-state index contributed by atoms with van der Waals surface area (Å²) in [5, 5.41) is 6.72. The van der Waals surface area contributed by atoms with Crippen LogP contribution < -0.4 is 10.6 Å². The second-order valence-electron chi connectivity index (χ2n) is 4.62. The normalized spacial score (nSPS) is 10.4. The number of rotatable bonds is 6. The van der Waals surface area contributed by atoms with E-state index >= 15 is 0 Å². The molecule has 112 valence electrons. The number of nitrogens with one attached hydrogen (secondary N) is 2. The number of benzene rings is 1. The Bertz CT molecular complexity index is 627. The third-order valence-electron chi connectivity index (χ3n) is 2.90. The van der Waals surface area contributed by atoms with E-state index in [-0.39, 0.29) is 11.6 Å². The molecule has 0 saturated carbocycles. The lowest BCUT2D eigenvalue weighted by Crippen LogP contribution is -2.24. The van der Waals surface area contributed by atoms with Crippen molar-refractivity contribution < 1.29 is 9.18 Å². The molecule has 2 rings (SSSR count). The van der Waals surface area contributed by atoms with Crippen molar-refractivity contribution in [3.05, 3.63) is 45.7 Å². The lowest BCUT2D eigenvalue weighted by molar-refractivity contribution is 0.0951. The van der Waals surface area contributed by atoms with Crippen molar-refractivity contribution >= 4 is 22.9 Å². The Morgan fingerprint density at radius 2 is 2.24 bits per heavy atom. The van der Waals surface area contributed by atoms with Gasteiger partial charge in [-0.2, -0.15) is 0 Å². The summed E-state index contributed by atoms with van der Waals surface area (Å²) in [6, 6.07) is 4.51. The van der Waals surface area contributed by atoms with Gasteiger partial charge in [0.1, 0.15) is 5.82 Å². The number of nitrogens with zero attached hydrogens (tertiary/aromatic N) is 1. The highest BCUT2D eigenvalue weighted by Crippen LogP contribution is 2.20. The molecule has 0 atom stereocenters. The molecule has 0 spiro atoms. The molecular weight excluding hydrogens is 289 g/mol. The number of carbonyl (C=O) groups is 1. The first kappa shape index (κ1) is 15.4. The van der Waals surface area contributed by atoms with Crippen LogP contribution >= 0.6 is 11.3 Å². The summed E-state index contributed by atoms with van der Waals surface area (Å²) >= 11 is 1.53. The summed E-state index contributed by atoms with van der Waals surface area (Å²) in [6.45, 7) is 4.92. The minimum absolute atomic E-state index is 0.261. The van der Waals surface area contributed by atoms with Crippen LogP contribution in [0.25, 0.3) is 0 Å². The van der Waals surface area contributed by atoms with Crippen molar-refractivity contribution in [2.45, 2.75) is 26.8 Å². The number of hydrogen-bond donors (Lipinski definition) is 2. The van der Waals surface area contributed by atoms with Crippen LogP contribution in [-0.2, 0) is 6.54 Å². The van der Waals surface area contributed by atoms with Gasteiger partial charge in [0.25, 0.3) is 5.91 Å². The summed E-state index contributed by atoms with van der Waals surface area (Å²) in [7, 11) is 0. The van der Waals surface area contributed by atoms with Gasteiger partial charge >= 0.3 is 0 Å². The van der Waals surface area contributed by atoms with Crippen LogP contribution in [-0.4, -0.2) is 17.4 Å². The Labute approximate surface area is 127 Å². The van der Waals surface area contributed by atoms with Gasteiger partial charge in [-0.1, -0.05) is 13.0 Å². The highest BCUT2D eigenvalue weighted by molar-refractivity contribution is 7.11. The Morgan fingerprint density at radius 1 is 1.43 bits per heavy atom. The fraction of sp³-hybridized carbons (Fsp3) is 0.333. The van der Waals surface area contributed by atoms with Crippen molar-refractivity contribution in [3.8, 4) is 0 Å². The maximum atomic E-state index is 13.8. The lowest BCUT2D eigenvalue weighted by Gasteiger charge is -2.12. The Hall–Kier alpha value is -1.95. The molecule has 4 nitrogen and oxygen atoms in total. The third kappa shape index (κ3) is 4.01. The smallest absolute Gasteiger partial charge is 0.253 e. The van der Waals surface area contributed by atoms with E-state index in [1.165, 1.54) is 23.5 Å². The van der Waals surface area contributed by atoms with Crippen molar-refractivity contribution in [2.75, 3.05) is 11.9 Å². The summed E-state index contributed by atoms with van der Waals surface area (Å²) in [5.74, 6) is -0.705. The van der Waals surface area contributed by atoms with Crippen LogP contribution in [0.2, 0.25) is 0 Å². The topological polar surface area (TPSA) is 54.0 Å². The molecule has 6 heteroatoms. The Morgan fingerprint density at radius 3 is 2.90 bits per heavy atom. The van der Waals surface area contributed by atoms with Gasteiger partial charge in [0, 0.05) is 17.6 Å². The summed E-state index contributed by atoms with van der Waals surface area (Å²) in [5.41, 5.74) is 0.585. The van der Waals surface area contributed by atoms with Gasteiger partial charge in [0.15, 0.2) is 0 Å². The molecule has 1 heterocycles. The standard InChI is InChI=1S/C15H18FN3OS/c1-3-7-17-14-12(5-4-6-13(14)16)15(20)19-9-11-8-18-10(2)21-11/h4-6,8,17H,3,7,9H2,1-2H3,(H,19,20). The van der Waals surface area contributed by atoms with Crippen molar-refractivity contribution in [1.82, 2.24) is 10.3 Å². The van der Waals surface area contributed by atoms with Gasteiger partial charge in [-0.15, -0.1) is 11.3 Å². The van der Waals surface area contributed by atoms with Gasteiger partial charge in [-0.05, 0) is 25.5 Å². The van der Waals surface area contributed by atoms with E-state index in [1.54, 1.807) is 12.3 Å². The zero-order valence-corrected chi connectivity index (χ0v) is 12.9. The van der Waals surface area contributed by atoms with E-state index in [1.807, 2.05) is 13.8 Å². The Balaban J connectivity index is 2.09. The number of aromatic nitrogens is 1. The molecule has 0 fully saturated rings. The van der Waals surface area contributed by atoms with E-state index in [2.05, 4.69) is 15.6 Å². The molecule has 0 radical (unpaired) electrons. The minimum Gasteiger partial charge on any atom is -0.382 e. The molecule has 1 aromatic carbocycles. The second-order valence-corrected chi connectivity index (χ2v) is 5.94. The maximum absolute atomic E-state index is 13.8. The molecule has 0 aliphatic carbocycles. The molecule has 0 unspecified atom stereocenters. The first-order chi connectivity index (χ1) is 10.1. The first-order valence-electron chi connectivity index (χ1n) is 6.83. The molecule has 1 amide bonds. The van der Waals surface area contributed by atoms with Gasteiger partial charge in [0.2, 0.25) is 0 Å². The number of thiazole rings is 1. The fourth-order valence-corrected chi connectivity index (χ4v) is 2.63. The van der Waals surface area contributed by atoms with Crippen LogP contribution in [0, 0.1) is 12.7 Å². The third-order valence-corrected chi connectivity index (χ3v) is 3.82. The van der Waals surface area contributed by atoms with Crippen LogP contribution in [0.5, 0.6) is 0 Å². The van der Waals surface area contributed by atoms with Gasteiger partial charge in [-0.25, -0.2) is 9.37 Å². The maximum Gasteiger partial charge on any atom is 0.253 e. The molecule has 0 saturated heterocycles. The second kappa shape index (κ2) is 7.17. The molecule has 1 aromatic heterocycles. The predicted molar refractivity (Wildman–Crippen MR) is 83.2 cm³/mol. The largest absolute Gasteiger partial charge is 0.382 e. The summed E-state index contributed by atoms with van der Waals surface area (Å²) in [6.07, 6.45) is 2.59. The first-order valence-corrected chi connectivity index (χ1v) is 7.65. The van der Waals surface area contributed by atoms with Crippen LogP contribution in [0.1, 0.15) is 33.6 Å². The van der Waals surface area contributed by atoms with Gasteiger partial charge in [0.05, 0.1) is 22.8 Å². The molecule has 21 heavy (non-hydrogen) atoms. The minimum atomic E-state index is -0.412. The van der Waals surface area contributed by atoms with Crippen LogP contribution in [0.4, 0.5) is 10.1 Å². The van der Waals surface area contributed by atoms with Crippen LogP contribution in [0.15, 0.2) is 24.4 Å². The SMILES string of the molecule is CCCNc1c(F)cccc1C(=O)NCc1cnc(C)s1. The quantitative estimate of drug-likeness (QED) is 0.860. The lowest BCUT2D eigenvalue weighted by atomic mass is 10.1. The molecular formula is C15H18FN3OS. The number of anilines is 1. The predicted octanol–water partition coefficient (Wildman–Crippen LogP) is 3.34. The number of hydrogen-bond acceptors (Lipinski definition) is 4. The Kier molecular flexibility index (Phi) is 5.27. The zero-order chi connectivity index (χ0) is 15.2. The van der Waals surface area contributed by atoms with Crippen molar-refractivity contribution in [1.29, 1.82) is 0 Å². The van der Waals surface area contributed by atoms with E-state index in [4.69, 9.17) is 0 Å². The van der Waals surface area contributed by atoms with E-state index in [9.17, 15) is 9.18 Å². The average molecular weight is 307 g/mol. The molecule has 0 bridgehead atoms. The molecule has 0 aliphatic rings. The van der Waals surface area contributed by atoms with Crippen molar-refractivity contribution in [2.24, 2.45) is 0 Å². The average Bonchev–Trinajstić information content (AvgIpc) is 2.89. The molecule has 0 aliphatic heterocycles. The fourth-order valence-electron chi connectivity index (χ4n) is 1.89.